The van der Waals surface area contributed by atoms with Crippen LogP contribution in [0.2, 0.25) is 0 Å². The predicted octanol–water partition coefficient (Wildman–Crippen LogP) is 2.28. The summed E-state index contributed by atoms with van der Waals surface area (Å²) < 4.78 is 13.5. The van der Waals surface area contributed by atoms with E-state index in [-0.39, 0.29) is 18.1 Å². The molecule has 1 aromatic carbocycles. The topological polar surface area (TPSA) is 64.6 Å². The average molecular weight is 337 g/mol. The van der Waals surface area contributed by atoms with Gasteiger partial charge in [-0.15, -0.1) is 0 Å². The van der Waals surface area contributed by atoms with Crippen LogP contribution in [0, 0.1) is 11.7 Å². The summed E-state index contributed by atoms with van der Waals surface area (Å²) in [6, 6.07) is 5.72. The van der Waals surface area contributed by atoms with Crippen LogP contribution in [-0.4, -0.2) is 48.8 Å². The van der Waals surface area contributed by atoms with Crippen molar-refractivity contribution in [1.82, 2.24) is 15.5 Å². The summed E-state index contributed by atoms with van der Waals surface area (Å²) in [6.07, 6.45) is 2.32. The second-order valence-corrected chi connectivity index (χ2v) is 6.41. The van der Waals surface area contributed by atoms with Crippen LogP contribution in [0.25, 0.3) is 0 Å². The highest BCUT2D eigenvalue weighted by atomic mass is 19.1. The summed E-state index contributed by atoms with van der Waals surface area (Å²) >= 11 is 0. The normalized spacial score (nSPS) is 17.5. The van der Waals surface area contributed by atoms with E-state index in [2.05, 4.69) is 22.5 Å². The van der Waals surface area contributed by atoms with Gasteiger partial charge >= 0.3 is 6.03 Å². The van der Waals surface area contributed by atoms with E-state index in [0.717, 1.165) is 32.5 Å². The third-order valence-electron chi connectivity index (χ3n) is 4.52. The van der Waals surface area contributed by atoms with Crippen molar-refractivity contribution in [3.8, 4) is 0 Å². The van der Waals surface area contributed by atoms with Crippen molar-refractivity contribution in [2.45, 2.75) is 32.3 Å². The number of nitrogens with zero attached hydrogens (tertiary/aromatic N) is 1. The second kappa shape index (κ2) is 9.59. The molecular formula is C18H28FN3O2. The Morgan fingerprint density at radius 1 is 1.33 bits per heavy atom. The zero-order valence-electron chi connectivity index (χ0n) is 14.3. The van der Waals surface area contributed by atoms with Crippen molar-refractivity contribution < 1.29 is 14.3 Å². The van der Waals surface area contributed by atoms with Gasteiger partial charge < -0.3 is 20.6 Å². The molecular weight excluding hydrogens is 309 g/mol. The zero-order chi connectivity index (χ0) is 17.4. The third-order valence-corrected chi connectivity index (χ3v) is 4.52. The lowest BCUT2D eigenvalue weighted by Crippen LogP contribution is -2.43. The Labute approximate surface area is 143 Å². The minimum absolute atomic E-state index is 0.0122. The Morgan fingerprint density at radius 2 is 2.04 bits per heavy atom. The van der Waals surface area contributed by atoms with Gasteiger partial charge in [-0.3, -0.25) is 0 Å². The SMILES string of the molecule is CCCN1CCC(CNC(=O)NCC(O)c2ccccc2F)CC1. The minimum atomic E-state index is -1.05. The quantitative estimate of drug-likeness (QED) is 0.715. The molecule has 1 aliphatic heterocycles. The fraction of sp³-hybridized carbons (Fsp3) is 0.611. The molecule has 1 heterocycles. The van der Waals surface area contributed by atoms with Crippen molar-refractivity contribution in [1.29, 1.82) is 0 Å². The van der Waals surface area contributed by atoms with E-state index in [0.29, 0.717) is 12.5 Å². The minimum Gasteiger partial charge on any atom is -0.386 e. The molecule has 2 amide bonds. The van der Waals surface area contributed by atoms with Gasteiger partial charge in [0.15, 0.2) is 0 Å². The summed E-state index contributed by atoms with van der Waals surface area (Å²) in [5.41, 5.74) is 0.195. The predicted molar refractivity (Wildman–Crippen MR) is 92.2 cm³/mol. The summed E-state index contributed by atoms with van der Waals surface area (Å²) in [5.74, 6) is 0.0337. The third kappa shape index (κ3) is 5.76. The lowest BCUT2D eigenvalue weighted by molar-refractivity contribution is 0.166. The number of urea groups is 1. The Hall–Kier alpha value is -1.66. The maximum absolute atomic E-state index is 13.5. The number of amides is 2. The largest absolute Gasteiger partial charge is 0.386 e. The van der Waals surface area contributed by atoms with Gasteiger partial charge in [-0.05, 0) is 50.9 Å². The molecule has 1 aliphatic rings. The van der Waals surface area contributed by atoms with Crippen LogP contribution in [0.15, 0.2) is 24.3 Å². The molecule has 0 radical (unpaired) electrons. The Morgan fingerprint density at radius 3 is 2.71 bits per heavy atom. The first-order valence-electron chi connectivity index (χ1n) is 8.76. The number of aliphatic hydroxyl groups excluding tert-OH is 1. The van der Waals surface area contributed by atoms with Crippen LogP contribution < -0.4 is 10.6 Å². The first kappa shape index (κ1) is 18.7. The second-order valence-electron chi connectivity index (χ2n) is 6.41. The van der Waals surface area contributed by atoms with Gasteiger partial charge in [0.1, 0.15) is 5.82 Å². The van der Waals surface area contributed by atoms with E-state index in [1.165, 1.54) is 18.6 Å². The van der Waals surface area contributed by atoms with E-state index in [1.54, 1.807) is 12.1 Å². The first-order chi connectivity index (χ1) is 11.6. The van der Waals surface area contributed by atoms with E-state index in [4.69, 9.17) is 0 Å². The highest BCUT2D eigenvalue weighted by molar-refractivity contribution is 5.73. The molecule has 1 atom stereocenters. The Kier molecular flexibility index (Phi) is 7.46. The van der Waals surface area contributed by atoms with Crippen LogP contribution in [0.5, 0.6) is 0 Å². The average Bonchev–Trinajstić information content (AvgIpc) is 2.60. The molecule has 2 rings (SSSR count). The summed E-state index contributed by atoms with van der Waals surface area (Å²) in [4.78, 5) is 14.3. The number of hydrogen-bond acceptors (Lipinski definition) is 3. The monoisotopic (exact) mass is 337 g/mol. The number of carbonyl (C=O) groups excluding carboxylic acids is 1. The van der Waals surface area contributed by atoms with Crippen LogP contribution in [-0.2, 0) is 0 Å². The van der Waals surface area contributed by atoms with Gasteiger partial charge in [-0.1, -0.05) is 25.1 Å². The number of rotatable bonds is 7. The molecule has 6 heteroatoms. The Bertz CT molecular complexity index is 519. The lowest BCUT2D eigenvalue weighted by Gasteiger charge is -2.31. The van der Waals surface area contributed by atoms with Crippen molar-refractivity contribution in [3.63, 3.8) is 0 Å². The smallest absolute Gasteiger partial charge is 0.314 e. The van der Waals surface area contributed by atoms with Gasteiger partial charge in [-0.2, -0.15) is 0 Å². The number of likely N-dealkylation sites (tertiary alicyclic amines) is 1. The van der Waals surface area contributed by atoms with Gasteiger partial charge in [0.05, 0.1) is 6.10 Å². The van der Waals surface area contributed by atoms with Crippen molar-refractivity contribution in [2.75, 3.05) is 32.7 Å². The van der Waals surface area contributed by atoms with Crippen LogP contribution in [0.4, 0.5) is 9.18 Å². The molecule has 1 unspecified atom stereocenters. The van der Waals surface area contributed by atoms with E-state index in [1.807, 2.05) is 0 Å². The standard InChI is InChI=1S/C18H28FN3O2/c1-2-9-22-10-7-14(8-11-22)12-20-18(24)21-13-17(23)15-5-3-4-6-16(15)19/h3-6,14,17,23H,2,7-13H2,1H3,(H2,20,21,24). The maximum atomic E-state index is 13.5. The van der Waals surface area contributed by atoms with Crippen molar-refractivity contribution >= 4 is 6.03 Å². The molecule has 0 spiro atoms. The molecule has 0 saturated carbocycles. The summed E-state index contributed by atoms with van der Waals surface area (Å²) in [5, 5.41) is 15.4. The number of halogens is 1. The number of carbonyl (C=O) groups is 1. The van der Waals surface area contributed by atoms with E-state index >= 15 is 0 Å². The summed E-state index contributed by atoms with van der Waals surface area (Å²) in [7, 11) is 0. The fourth-order valence-electron chi connectivity index (χ4n) is 3.07. The molecule has 1 saturated heterocycles. The van der Waals surface area contributed by atoms with Gasteiger partial charge in [-0.25, -0.2) is 9.18 Å². The van der Waals surface area contributed by atoms with Crippen LogP contribution in [0.1, 0.15) is 37.9 Å². The summed E-state index contributed by atoms with van der Waals surface area (Å²) in [6.45, 7) is 6.15. The molecule has 0 aliphatic carbocycles. The van der Waals surface area contributed by atoms with Crippen molar-refractivity contribution in [3.05, 3.63) is 35.6 Å². The number of aliphatic hydroxyl groups is 1. The Balaban J connectivity index is 1.64. The molecule has 5 nitrogen and oxygen atoms in total. The lowest BCUT2D eigenvalue weighted by atomic mass is 9.97. The highest BCUT2D eigenvalue weighted by Crippen LogP contribution is 2.17. The number of nitrogens with one attached hydrogen (secondary N) is 2. The maximum Gasteiger partial charge on any atom is 0.314 e. The van der Waals surface area contributed by atoms with Crippen LogP contribution in [0.3, 0.4) is 0 Å². The molecule has 1 fully saturated rings. The number of benzene rings is 1. The molecule has 0 bridgehead atoms. The van der Waals surface area contributed by atoms with Crippen molar-refractivity contribution in [2.24, 2.45) is 5.92 Å². The molecule has 24 heavy (non-hydrogen) atoms. The van der Waals surface area contributed by atoms with E-state index < -0.39 is 11.9 Å². The fourth-order valence-corrected chi connectivity index (χ4v) is 3.07. The molecule has 134 valence electrons. The first-order valence-corrected chi connectivity index (χ1v) is 8.76. The van der Waals surface area contributed by atoms with Gasteiger partial charge in [0.25, 0.3) is 0 Å². The highest BCUT2D eigenvalue weighted by Gasteiger charge is 2.19. The van der Waals surface area contributed by atoms with Crippen LogP contribution >= 0.6 is 0 Å². The molecule has 0 aromatic heterocycles. The van der Waals surface area contributed by atoms with E-state index in [9.17, 15) is 14.3 Å². The number of piperidine rings is 1. The molecule has 3 N–H and O–H groups in total. The van der Waals surface area contributed by atoms with Gasteiger partial charge in [0, 0.05) is 18.7 Å². The zero-order valence-corrected chi connectivity index (χ0v) is 14.3. The van der Waals surface area contributed by atoms with Gasteiger partial charge in [0.2, 0.25) is 0 Å². The number of hydrogen-bond donors (Lipinski definition) is 3. The molecule has 1 aromatic rings.